The van der Waals surface area contributed by atoms with Crippen molar-refractivity contribution in [3.05, 3.63) is 59.4 Å². The van der Waals surface area contributed by atoms with Crippen LogP contribution in [0.5, 0.6) is 0 Å². The van der Waals surface area contributed by atoms with E-state index in [1.165, 1.54) is 25.3 Å². The number of aromatic nitrogens is 1. The summed E-state index contributed by atoms with van der Waals surface area (Å²) in [5.41, 5.74) is 1.19. The van der Waals surface area contributed by atoms with Gasteiger partial charge >= 0.3 is 0 Å². The smallest absolute Gasteiger partial charge is 0.272 e. The molecule has 3 rings (SSSR count). The number of pyridine rings is 1. The number of nitrogens with one attached hydrogen (secondary N) is 1. The SMILES string of the molecule is CC(=O)N1CCN(C(=O)c2cc(C(=O)Nc3ccccc3C#N)ccn2)CC1. The molecular formula is C20H19N5O3. The van der Waals surface area contributed by atoms with Gasteiger partial charge < -0.3 is 15.1 Å². The number of carbonyl (C=O) groups excluding carboxylic acids is 3. The van der Waals surface area contributed by atoms with Crippen molar-refractivity contribution in [3.63, 3.8) is 0 Å². The van der Waals surface area contributed by atoms with Gasteiger partial charge in [-0.15, -0.1) is 0 Å². The third kappa shape index (κ3) is 4.15. The normalized spacial score (nSPS) is 13.6. The van der Waals surface area contributed by atoms with Crippen molar-refractivity contribution in [1.82, 2.24) is 14.8 Å². The van der Waals surface area contributed by atoms with Crippen molar-refractivity contribution in [1.29, 1.82) is 5.26 Å². The molecule has 0 radical (unpaired) electrons. The lowest BCUT2D eigenvalue weighted by molar-refractivity contribution is -0.130. The number of rotatable bonds is 3. The highest BCUT2D eigenvalue weighted by Crippen LogP contribution is 2.16. The molecule has 0 unspecified atom stereocenters. The molecule has 1 N–H and O–H groups in total. The van der Waals surface area contributed by atoms with Crippen LogP contribution in [-0.4, -0.2) is 58.7 Å². The highest BCUT2D eigenvalue weighted by atomic mass is 16.2. The van der Waals surface area contributed by atoms with Crippen LogP contribution in [0.25, 0.3) is 0 Å². The second-order valence-corrected chi connectivity index (χ2v) is 6.34. The van der Waals surface area contributed by atoms with E-state index in [0.29, 0.717) is 37.4 Å². The van der Waals surface area contributed by atoms with Gasteiger partial charge in [0, 0.05) is 44.9 Å². The number of piperazine rings is 1. The third-order valence-corrected chi connectivity index (χ3v) is 4.55. The highest BCUT2D eigenvalue weighted by Gasteiger charge is 2.24. The minimum absolute atomic E-state index is 0.0125. The van der Waals surface area contributed by atoms with Crippen molar-refractivity contribution >= 4 is 23.4 Å². The second kappa shape index (κ2) is 8.31. The molecule has 0 spiro atoms. The molecule has 1 aromatic carbocycles. The van der Waals surface area contributed by atoms with Gasteiger partial charge in [-0.25, -0.2) is 0 Å². The van der Waals surface area contributed by atoms with Crippen LogP contribution >= 0.6 is 0 Å². The Morgan fingerprint density at radius 2 is 1.75 bits per heavy atom. The molecule has 0 aliphatic carbocycles. The maximum absolute atomic E-state index is 12.7. The summed E-state index contributed by atoms with van der Waals surface area (Å²) >= 11 is 0. The molecule has 1 fully saturated rings. The largest absolute Gasteiger partial charge is 0.339 e. The topological polar surface area (TPSA) is 106 Å². The molecule has 0 atom stereocenters. The van der Waals surface area contributed by atoms with Gasteiger partial charge in [0.25, 0.3) is 11.8 Å². The quantitative estimate of drug-likeness (QED) is 0.873. The van der Waals surface area contributed by atoms with Gasteiger partial charge in [-0.05, 0) is 24.3 Å². The fourth-order valence-electron chi connectivity index (χ4n) is 2.96. The predicted octanol–water partition coefficient (Wildman–Crippen LogP) is 1.51. The summed E-state index contributed by atoms with van der Waals surface area (Å²) in [6.45, 7) is 3.31. The Labute approximate surface area is 162 Å². The van der Waals surface area contributed by atoms with E-state index in [9.17, 15) is 14.4 Å². The fraction of sp³-hybridized carbons (Fsp3) is 0.250. The van der Waals surface area contributed by atoms with Gasteiger partial charge in [-0.3, -0.25) is 19.4 Å². The van der Waals surface area contributed by atoms with Crippen molar-refractivity contribution in [2.75, 3.05) is 31.5 Å². The van der Waals surface area contributed by atoms with Crippen LogP contribution < -0.4 is 5.32 Å². The number of nitrogens with zero attached hydrogens (tertiary/aromatic N) is 4. The van der Waals surface area contributed by atoms with Gasteiger partial charge in [-0.2, -0.15) is 5.26 Å². The number of amides is 3. The molecule has 28 heavy (non-hydrogen) atoms. The zero-order chi connectivity index (χ0) is 20.1. The second-order valence-electron chi connectivity index (χ2n) is 6.34. The van der Waals surface area contributed by atoms with Crippen LogP contribution in [0.3, 0.4) is 0 Å². The summed E-state index contributed by atoms with van der Waals surface area (Å²) in [4.78, 5) is 44.0. The van der Waals surface area contributed by atoms with Crippen LogP contribution in [0.1, 0.15) is 33.3 Å². The Bertz CT molecular complexity index is 958. The van der Waals surface area contributed by atoms with E-state index in [1.54, 1.807) is 34.1 Å². The number of nitriles is 1. The fourth-order valence-corrected chi connectivity index (χ4v) is 2.96. The van der Waals surface area contributed by atoms with E-state index >= 15 is 0 Å². The summed E-state index contributed by atoms with van der Waals surface area (Å²) in [6, 6.07) is 11.6. The summed E-state index contributed by atoms with van der Waals surface area (Å²) in [6.07, 6.45) is 1.41. The van der Waals surface area contributed by atoms with E-state index in [4.69, 9.17) is 5.26 Å². The van der Waals surface area contributed by atoms with Crippen molar-refractivity contribution < 1.29 is 14.4 Å². The number of anilines is 1. The maximum atomic E-state index is 12.7. The number of hydrogen-bond donors (Lipinski definition) is 1. The Morgan fingerprint density at radius 3 is 2.43 bits per heavy atom. The molecule has 2 heterocycles. The van der Waals surface area contributed by atoms with Crippen LogP contribution in [-0.2, 0) is 4.79 Å². The first-order valence-corrected chi connectivity index (χ1v) is 8.81. The number of carbonyl (C=O) groups is 3. The average Bonchev–Trinajstić information content (AvgIpc) is 2.73. The van der Waals surface area contributed by atoms with E-state index in [2.05, 4.69) is 10.3 Å². The molecule has 0 bridgehead atoms. The molecule has 8 nitrogen and oxygen atoms in total. The zero-order valence-corrected chi connectivity index (χ0v) is 15.4. The highest BCUT2D eigenvalue weighted by molar-refractivity contribution is 6.06. The molecule has 1 aliphatic heterocycles. The average molecular weight is 377 g/mol. The molecule has 1 saturated heterocycles. The van der Waals surface area contributed by atoms with E-state index in [-0.39, 0.29) is 23.1 Å². The van der Waals surface area contributed by atoms with Crippen LogP contribution in [0.2, 0.25) is 0 Å². The first-order chi connectivity index (χ1) is 13.5. The number of hydrogen-bond acceptors (Lipinski definition) is 5. The van der Waals surface area contributed by atoms with Crippen LogP contribution in [0, 0.1) is 11.3 Å². The van der Waals surface area contributed by atoms with Gasteiger partial charge in [0.1, 0.15) is 11.8 Å². The molecule has 1 aliphatic rings. The lowest BCUT2D eigenvalue weighted by Gasteiger charge is -2.34. The molecule has 0 saturated carbocycles. The van der Waals surface area contributed by atoms with Crippen LogP contribution in [0.15, 0.2) is 42.6 Å². The molecule has 3 amide bonds. The summed E-state index contributed by atoms with van der Waals surface area (Å²) < 4.78 is 0. The molecule has 1 aromatic heterocycles. The van der Waals surface area contributed by atoms with Crippen LogP contribution in [0.4, 0.5) is 5.69 Å². The molecular weight excluding hydrogens is 358 g/mol. The summed E-state index contributed by atoms with van der Waals surface area (Å²) in [5, 5.41) is 11.8. The summed E-state index contributed by atoms with van der Waals surface area (Å²) in [5.74, 6) is -0.725. The standard InChI is InChI=1S/C20H19N5O3/c1-14(26)24-8-10-25(11-9-24)20(28)18-12-15(6-7-22-18)19(27)23-17-5-3-2-4-16(17)13-21/h2-7,12H,8-11H2,1H3,(H,23,27). The van der Waals surface area contributed by atoms with Crippen molar-refractivity contribution in [2.45, 2.75) is 6.92 Å². The lowest BCUT2D eigenvalue weighted by Crippen LogP contribution is -2.50. The van der Waals surface area contributed by atoms with Crippen molar-refractivity contribution in [2.24, 2.45) is 0 Å². The van der Waals surface area contributed by atoms with E-state index in [1.807, 2.05) is 6.07 Å². The van der Waals surface area contributed by atoms with Crippen molar-refractivity contribution in [3.8, 4) is 6.07 Å². The minimum atomic E-state index is -0.430. The molecule has 2 aromatic rings. The predicted molar refractivity (Wildman–Crippen MR) is 102 cm³/mol. The van der Waals surface area contributed by atoms with Gasteiger partial charge in [-0.1, -0.05) is 12.1 Å². The van der Waals surface area contributed by atoms with Gasteiger partial charge in [0.2, 0.25) is 5.91 Å². The Morgan fingerprint density at radius 1 is 1.07 bits per heavy atom. The maximum Gasteiger partial charge on any atom is 0.272 e. The summed E-state index contributed by atoms with van der Waals surface area (Å²) in [7, 11) is 0. The Kier molecular flexibility index (Phi) is 5.65. The minimum Gasteiger partial charge on any atom is -0.339 e. The third-order valence-electron chi connectivity index (χ3n) is 4.55. The van der Waals surface area contributed by atoms with E-state index in [0.717, 1.165) is 0 Å². The van der Waals surface area contributed by atoms with Gasteiger partial charge in [0.15, 0.2) is 0 Å². The Hall–Kier alpha value is -3.73. The van der Waals surface area contributed by atoms with Gasteiger partial charge in [0.05, 0.1) is 11.3 Å². The van der Waals surface area contributed by atoms with E-state index < -0.39 is 5.91 Å². The zero-order valence-electron chi connectivity index (χ0n) is 15.4. The molecule has 8 heteroatoms. The Balaban J connectivity index is 1.72. The first-order valence-electron chi connectivity index (χ1n) is 8.81. The lowest BCUT2D eigenvalue weighted by atomic mass is 10.1. The molecule has 142 valence electrons. The monoisotopic (exact) mass is 377 g/mol. The first kappa shape index (κ1) is 19.0. The number of benzene rings is 1. The number of para-hydroxylation sites is 1.